The van der Waals surface area contributed by atoms with Gasteiger partial charge in [0.05, 0.1) is 61.0 Å². The number of phenols is 2. The molecule has 0 saturated carbocycles. The van der Waals surface area contributed by atoms with E-state index in [0.717, 1.165) is 0 Å². The maximum atomic E-state index is 14.0. The number of benzene rings is 3. The number of carboxylic acid groups (broad SMARTS) is 1. The van der Waals surface area contributed by atoms with Crippen LogP contribution in [0.15, 0.2) is 42.5 Å². The summed E-state index contributed by atoms with van der Waals surface area (Å²) >= 11 is 0. The van der Waals surface area contributed by atoms with Gasteiger partial charge in [-0.25, -0.2) is 4.79 Å². The SMILES string of the molecule is COc1cccc2c1C(=O)c1c(O)c3c(c(O)c1C2=O)C[C@@](O)(C(=O)CO)C[C@@H]3O[C@H]1C[C@H](CC(=O)OCc2ccc(CC(=O)C(CCCNC(N)=O)NC(=O)[C@@H](NC(=O)CCC(=O)O)C(C)C)cc2)[C@H](O)[C@H](C)O1. The van der Waals surface area contributed by atoms with E-state index in [1.54, 1.807) is 38.1 Å². The Morgan fingerprint density at radius 2 is 1.60 bits per heavy atom. The molecule has 8 atom stereocenters. The highest BCUT2D eigenvalue weighted by Gasteiger charge is 2.50. The van der Waals surface area contributed by atoms with E-state index < -0.39 is 156 Å². The Morgan fingerprint density at radius 3 is 2.24 bits per heavy atom. The van der Waals surface area contributed by atoms with Crippen LogP contribution >= 0.6 is 0 Å². The van der Waals surface area contributed by atoms with Crippen molar-refractivity contribution in [2.75, 3.05) is 20.3 Å². The molecule has 1 fully saturated rings. The second-order valence-corrected chi connectivity index (χ2v) is 19.3. The number of esters is 1. The molecule has 0 radical (unpaired) electrons. The molecule has 3 aliphatic rings. The highest BCUT2D eigenvalue weighted by atomic mass is 16.7. The van der Waals surface area contributed by atoms with Gasteiger partial charge in [-0.05, 0) is 42.9 Å². The fourth-order valence-electron chi connectivity index (χ4n) is 9.62. The number of aliphatic hydroxyl groups is 3. The van der Waals surface area contributed by atoms with Crippen LogP contribution in [0.4, 0.5) is 4.79 Å². The van der Waals surface area contributed by atoms with E-state index in [4.69, 9.17) is 29.8 Å². The number of fused-ring (bicyclic) bond motifs is 3. The monoisotopic (exact) mass is 1050 g/mol. The largest absolute Gasteiger partial charge is 0.507 e. The van der Waals surface area contributed by atoms with E-state index in [0.29, 0.717) is 11.1 Å². The van der Waals surface area contributed by atoms with Gasteiger partial charge in [0.25, 0.3) is 0 Å². The van der Waals surface area contributed by atoms with Crippen LogP contribution in [0.3, 0.4) is 0 Å². The molecule has 23 nitrogen and oxygen atoms in total. The lowest BCUT2D eigenvalue weighted by Gasteiger charge is -2.42. The minimum absolute atomic E-state index is 0.0276. The Hall–Kier alpha value is -7.31. The van der Waals surface area contributed by atoms with Crippen LogP contribution in [0.5, 0.6) is 17.2 Å². The maximum absolute atomic E-state index is 14.0. The van der Waals surface area contributed by atoms with E-state index in [2.05, 4.69) is 16.0 Å². The number of primary amides is 1. The number of amides is 4. The van der Waals surface area contributed by atoms with Crippen molar-refractivity contribution in [3.8, 4) is 17.2 Å². The molecule has 0 spiro atoms. The Morgan fingerprint density at radius 1 is 0.920 bits per heavy atom. The summed E-state index contributed by atoms with van der Waals surface area (Å²) < 4.78 is 23.1. The van der Waals surface area contributed by atoms with Gasteiger partial charge in [0.2, 0.25) is 17.6 Å². The number of methoxy groups -OCH3 is 1. The lowest BCUT2D eigenvalue weighted by atomic mass is 9.72. The number of aliphatic hydroxyl groups excluding tert-OH is 2. The first-order chi connectivity index (χ1) is 35.5. The normalized spacial score (nSPS) is 21.6. The van der Waals surface area contributed by atoms with Crippen molar-refractivity contribution < 1.29 is 92.7 Å². The number of Topliss-reactive ketones (excluding diaryl/α,β-unsaturated/α-hetero) is 2. The predicted molar refractivity (Wildman–Crippen MR) is 259 cm³/mol. The van der Waals surface area contributed by atoms with Crippen LogP contribution in [0, 0.1) is 11.8 Å². The van der Waals surface area contributed by atoms with Crippen LogP contribution in [-0.2, 0) is 62.4 Å². The van der Waals surface area contributed by atoms with Gasteiger partial charge in [-0.2, -0.15) is 0 Å². The number of carboxylic acids is 1. The van der Waals surface area contributed by atoms with E-state index >= 15 is 0 Å². The molecule has 0 bridgehead atoms. The second-order valence-electron chi connectivity index (χ2n) is 19.3. The Labute approximate surface area is 430 Å². The zero-order valence-corrected chi connectivity index (χ0v) is 41.7. The van der Waals surface area contributed by atoms with Gasteiger partial charge in [-0.3, -0.25) is 38.4 Å². The van der Waals surface area contributed by atoms with Crippen molar-refractivity contribution in [1.29, 1.82) is 0 Å². The molecule has 2 aliphatic carbocycles. The fourth-order valence-corrected chi connectivity index (χ4v) is 9.62. The van der Waals surface area contributed by atoms with Gasteiger partial charge < -0.3 is 71.3 Å². The summed E-state index contributed by atoms with van der Waals surface area (Å²) in [4.78, 5) is 116. The van der Waals surface area contributed by atoms with E-state index in [1.807, 2.05) is 0 Å². The number of hydrogen-bond acceptors (Lipinski definition) is 18. The first kappa shape index (κ1) is 57.0. The average Bonchev–Trinajstić information content (AvgIpc) is 3.37. The van der Waals surface area contributed by atoms with Gasteiger partial charge in [-0.15, -0.1) is 0 Å². The van der Waals surface area contributed by atoms with Gasteiger partial charge >= 0.3 is 18.0 Å². The molecule has 1 unspecified atom stereocenters. The molecule has 23 heteroatoms. The third-order valence-electron chi connectivity index (χ3n) is 13.6. The topological polar surface area (TPSA) is 374 Å². The molecule has 1 aliphatic heterocycles. The molecular weight excluding hydrogens is 985 g/mol. The number of aliphatic carboxylic acids is 1. The predicted octanol–water partition coefficient (Wildman–Crippen LogP) is 1.47. The summed E-state index contributed by atoms with van der Waals surface area (Å²) in [7, 11) is 1.28. The fraction of sp³-hybridized carbons (Fsp3) is 0.481. The quantitative estimate of drug-likeness (QED) is 0.0286. The van der Waals surface area contributed by atoms with Crippen LogP contribution in [0.1, 0.15) is 126 Å². The van der Waals surface area contributed by atoms with Crippen LogP contribution in [0.2, 0.25) is 0 Å². The van der Waals surface area contributed by atoms with Crippen molar-refractivity contribution in [3.63, 3.8) is 0 Å². The number of ether oxygens (including phenoxy) is 4. The first-order valence-corrected chi connectivity index (χ1v) is 24.3. The van der Waals surface area contributed by atoms with Crippen molar-refractivity contribution >= 4 is 52.9 Å². The summed E-state index contributed by atoms with van der Waals surface area (Å²) in [6, 6.07) is 7.81. The molecular formula is C52H62N4O19. The lowest BCUT2D eigenvalue weighted by molar-refractivity contribution is -0.257. The number of phenolic OH excluding ortho intramolecular Hbond substituents is 2. The van der Waals surface area contributed by atoms with Crippen LogP contribution in [0.25, 0.3) is 0 Å². The van der Waals surface area contributed by atoms with Gasteiger partial charge in [0.1, 0.15) is 42.1 Å². The number of aromatic hydroxyl groups is 2. The number of urea groups is 1. The highest BCUT2D eigenvalue weighted by Crippen LogP contribution is 2.53. The summed E-state index contributed by atoms with van der Waals surface area (Å²) in [5.74, 6) is -9.22. The molecule has 1 heterocycles. The van der Waals surface area contributed by atoms with Gasteiger partial charge in [-0.1, -0.05) is 50.2 Å². The number of rotatable bonds is 23. The van der Waals surface area contributed by atoms with E-state index in [1.165, 1.54) is 32.2 Å². The summed E-state index contributed by atoms with van der Waals surface area (Å²) in [6.07, 6.45) is -7.45. The van der Waals surface area contributed by atoms with Crippen molar-refractivity contribution in [2.24, 2.45) is 17.6 Å². The standard InChI is InChI=1S/C52H62N4O19/c1-24(2)44(56-36(60)14-15-37(61)62)50(69)55-31(8-6-16-54-51(53)70)32(58)17-26-10-12-27(13-11-26)23-73-38(63)18-28-19-39(74-25(3)45(28)64)75-34-21-52(71,35(59)22-57)20-30-41(34)49(68)43-42(47(30)66)46(65)29-7-5-9-33(72-4)40(29)48(43)67/h5,7,9-13,24-25,28,31,34,39,44-45,57,64,66,68,71H,6,8,14-23H2,1-4H3,(H,55,69)(H,56,60)(H,61,62)(H3,53,54,70)/t25-,28-,31?,34-,39-,44-,45+,52-/m0/s1. The minimum atomic E-state index is -2.40. The lowest BCUT2D eigenvalue weighted by Crippen LogP contribution is -2.54. The second kappa shape index (κ2) is 24.4. The summed E-state index contributed by atoms with van der Waals surface area (Å²) in [5, 5.41) is 72.8. The highest BCUT2D eigenvalue weighted by molar-refractivity contribution is 6.31. The van der Waals surface area contributed by atoms with E-state index in [9.17, 15) is 68.7 Å². The van der Waals surface area contributed by atoms with E-state index in [-0.39, 0.29) is 79.7 Å². The third-order valence-corrected chi connectivity index (χ3v) is 13.6. The molecule has 75 heavy (non-hydrogen) atoms. The zero-order valence-electron chi connectivity index (χ0n) is 41.7. The molecule has 3 aromatic rings. The van der Waals surface area contributed by atoms with Crippen molar-refractivity contribution in [1.82, 2.24) is 16.0 Å². The molecule has 404 valence electrons. The van der Waals surface area contributed by atoms with Crippen LogP contribution in [-0.4, -0.2) is 140 Å². The summed E-state index contributed by atoms with van der Waals surface area (Å²) in [6.45, 7) is 3.62. The number of carbonyl (C=O) groups is 9. The maximum Gasteiger partial charge on any atom is 0.312 e. The number of nitrogens with one attached hydrogen (secondary N) is 3. The summed E-state index contributed by atoms with van der Waals surface area (Å²) in [5.41, 5.74) is 1.88. The molecule has 3 aromatic carbocycles. The number of nitrogens with two attached hydrogens (primary N) is 1. The average molecular weight is 1050 g/mol. The molecule has 6 rings (SSSR count). The van der Waals surface area contributed by atoms with Crippen LogP contribution < -0.4 is 26.4 Å². The molecule has 11 N–H and O–H groups in total. The minimum Gasteiger partial charge on any atom is -0.507 e. The van der Waals surface area contributed by atoms with Gasteiger partial charge in [0, 0.05) is 61.3 Å². The van der Waals surface area contributed by atoms with Crippen molar-refractivity contribution in [3.05, 3.63) is 87.0 Å². The zero-order chi connectivity index (χ0) is 55.1. The van der Waals surface area contributed by atoms with Gasteiger partial charge in [0.15, 0.2) is 23.6 Å². The number of carbonyl (C=O) groups excluding carboxylic acids is 8. The third kappa shape index (κ3) is 13.1. The number of ketones is 4. The molecule has 1 saturated heterocycles. The smallest absolute Gasteiger partial charge is 0.312 e. The number of hydrogen-bond donors (Lipinski definition) is 10. The Kier molecular flexibility index (Phi) is 18.5. The Bertz CT molecular complexity index is 2720. The molecule has 4 amide bonds. The first-order valence-electron chi connectivity index (χ1n) is 24.3. The molecule has 0 aromatic heterocycles. The Balaban J connectivity index is 1.12. The van der Waals surface area contributed by atoms with Crippen molar-refractivity contribution in [2.45, 2.75) is 127 Å².